The third-order valence-corrected chi connectivity index (χ3v) is 9.13. The lowest BCUT2D eigenvalue weighted by Gasteiger charge is -2.38. The second kappa shape index (κ2) is 11.1. The van der Waals surface area contributed by atoms with Crippen molar-refractivity contribution in [3.8, 4) is 5.75 Å². The van der Waals surface area contributed by atoms with Crippen molar-refractivity contribution >= 4 is 15.9 Å². The maximum absolute atomic E-state index is 13.5. The van der Waals surface area contributed by atoms with E-state index in [2.05, 4.69) is 29.2 Å². The van der Waals surface area contributed by atoms with Crippen molar-refractivity contribution in [3.05, 3.63) is 59.7 Å². The number of amides is 1. The van der Waals surface area contributed by atoms with E-state index in [1.54, 1.807) is 12.1 Å². The standard InChI is InChI=1S/C27H37N3O4S/c1-21(2)24-9-10-25(34-3)26(19-24)35(32,33)30-13-11-23(12-14-30)27(31)29-17-15-28(16-18-29)20-22-7-5-4-6-8-22/h4-10,19,21,23H,11-18,20H2,1-3H3. The van der Waals surface area contributed by atoms with E-state index in [-0.39, 0.29) is 22.6 Å². The molecule has 0 spiro atoms. The molecule has 2 heterocycles. The Hall–Kier alpha value is -2.42. The number of nitrogens with zero attached hydrogens (tertiary/aromatic N) is 3. The molecule has 4 rings (SSSR count). The SMILES string of the molecule is COc1ccc(C(C)C)cc1S(=O)(=O)N1CCC(C(=O)N2CCN(Cc3ccccc3)CC2)CC1. The number of piperidine rings is 1. The summed E-state index contributed by atoms with van der Waals surface area (Å²) in [6.45, 7) is 8.85. The van der Waals surface area contributed by atoms with Crippen LogP contribution in [0.1, 0.15) is 43.7 Å². The van der Waals surface area contributed by atoms with Gasteiger partial charge in [0.05, 0.1) is 7.11 Å². The Morgan fingerprint density at radius 3 is 2.23 bits per heavy atom. The smallest absolute Gasteiger partial charge is 0.246 e. The monoisotopic (exact) mass is 499 g/mol. The highest BCUT2D eigenvalue weighted by atomic mass is 32.2. The maximum atomic E-state index is 13.5. The molecule has 0 atom stereocenters. The molecule has 35 heavy (non-hydrogen) atoms. The quantitative estimate of drug-likeness (QED) is 0.583. The summed E-state index contributed by atoms with van der Waals surface area (Å²) in [5.41, 5.74) is 2.25. The molecule has 190 valence electrons. The predicted molar refractivity (Wildman–Crippen MR) is 137 cm³/mol. The third-order valence-electron chi connectivity index (χ3n) is 7.21. The number of rotatable bonds is 7. The maximum Gasteiger partial charge on any atom is 0.246 e. The van der Waals surface area contributed by atoms with Gasteiger partial charge in [0.2, 0.25) is 15.9 Å². The molecule has 0 radical (unpaired) electrons. The fraction of sp³-hybridized carbons (Fsp3) is 0.519. The Morgan fingerprint density at radius 2 is 1.63 bits per heavy atom. The number of sulfonamides is 1. The zero-order valence-electron chi connectivity index (χ0n) is 21.0. The normalized spacial score (nSPS) is 18.7. The first-order valence-corrected chi connectivity index (χ1v) is 14.0. The van der Waals surface area contributed by atoms with Gasteiger partial charge in [-0.2, -0.15) is 4.31 Å². The van der Waals surface area contributed by atoms with Crippen molar-refractivity contribution in [2.45, 2.75) is 44.0 Å². The number of methoxy groups -OCH3 is 1. The van der Waals surface area contributed by atoms with E-state index >= 15 is 0 Å². The van der Waals surface area contributed by atoms with Crippen LogP contribution in [0.5, 0.6) is 5.75 Å². The molecule has 2 aromatic rings. The molecule has 2 aliphatic heterocycles. The summed E-state index contributed by atoms with van der Waals surface area (Å²) in [5, 5.41) is 0. The molecule has 0 bridgehead atoms. The van der Waals surface area contributed by atoms with Gasteiger partial charge in [0.15, 0.2) is 0 Å². The van der Waals surface area contributed by atoms with E-state index in [1.807, 2.05) is 30.9 Å². The van der Waals surface area contributed by atoms with E-state index in [0.717, 1.165) is 38.3 Å². The minimum atomic E-state index is -3.70. The first kappa shape index (κ1) is 25.7. The Kier molecular flexibility index (Phi) is 8.14. The Bertz CT molecular complexity index is 1100. The average Bonchev–Trinajstić information content (AvgIpc) is 2.89. The van der Waals surface area contributed by atoms with Crippen molar-refractivity contribution in [2.75, 3.05) is 46.4 Å². The van der Waals surface area contributed by atoms with Gasteiger partial charge in [-0.15, -0.1) is 0 Å². The third kappa shape index (κ3) is 5.88. The van der Waals surface area contributed by atoms with Crippen LogP contribution in [0.15, 0.2) is 53.4 Å². The fourth-order valence-corrected chi connectivity index (χ4v) is 6.62. The molecule has 2 aliphatic rings. The molecular formula is C27H37N3O4S. The van der Waals surface area contributed by atoms with Crippen LogP contribution in [0, 0.1) is 5.92 Å². The van der Waals surface area contributed by atoms with Gasteiger partial charge in [-0.3, -0.25) is 9.69 Å². The van der Waals surface area contributed by atoms with Gasteiger partial charge < -0.3 is 9.64 Å². The van der Waals surface area contributed by atoms with Crippen molar-refractivity contribution < 1.29 is 17.9 Å². The van der Waals surface area contributed by atoms with Crippen LogP contribution >= 0.6 is 0 Å². The van der Waals surface area contributed by atoms with E-state index in [9.17, 15) is 13.2 Å². The van der Waals surface area contributed by atoms with Gasteiger partial charge in [0.1, 0.15) is 10.6 Å². The fourth-order valence-electron chi connectivity index (χ4n) is 4.96. The topological polar surface area (TPSA) is 70.2 Å². The average molecular weight is 500 g/mol. The van der Waals surface area contributed by atoms with Crippen LogP contribution in [0.4, 0.5) is 0 Å². The van der Waals surface area contributed by atoms with Gasteiger partial charge in [-0.05, 0) is 42.0 Å². The molecule has 2 aromatic carbocycles. The number of hydrogen-bond donors (Lipinski definition) is 0. The van der Waals surface area contributed by atoms with Gasteiger partial charge in [0.25, 0.3) is 0 Å². The summed E-state index contributed by atoms with van der Waals surface area (Å²) in [7, 11) is -2.20. The number of benzene rings is 2. The molecule has 1 amide bonds. The lowest BCUT2D eigenvalue weighted by atomic mass is 9.96. The summed E-state index contributed by atoms with van der Waals surface area (Å²) >= 11 is 0. The Labute approximate surface area is 209 Å². The highest BCUT2D eigenvalue weighted by Crippen LogP contribution is 2.32. The van der Waals surface area contributed by atoms with Crippen molar-refractivity contribution in [1.82, 2.24) is 14.1 Å². The van der Waals surface area contributed by atoms with E-state index in [0.29, 0.717) is 31.7 Å². The molecule has 0 unspecified atom stereocenters. The molecular weight excluding hydrogens is 462 g/mol. The van der Waals surface area contributed by atoms with Crippen molar-refractivity contribution in [1.29, 1.82) is 0 Å². The van der Waals surface area contributed by atoms with E-state index in [4.69, 9.17) is 4.74 Å². The van der Waals surface area contributed by atoms with Crippen LogP contribution in [-0.2, 0) is 21.4 Å². The Morgan fingerprint density at radius 1 is 0.971 bits per heavy atom. The largest absolute Gasteiger partial charge is 0.495 e. The molecule has 0 N–H and O–H groups in total. The summed E-state index contributed by atoms with van der Waals surface area (Å²) in [4.78, 5) is 17.7. The zero-order chi connectivity index (χ0) is 25.0. The second-order valence-electron chi connectivity index (χ2n) is 9.83. The van der Waals surface area contributed by atoms with Gasteiger partial charge in [-0.1, -0.05) is 50.2 Å². The van der Waals surface area contributed by atoms with Gasteiger partial charge in [-0.25, -0.2) is 8.42 Å². The minimum absolute atomic E-state index is 0.119. The van der Waals surface area contributed by atoms with Crippen molar-refractivity contribution in [3.63, 3.8) is 0 Å². The summed E-state index contributed by atoms with van der Waals surface area (Å²) in [6, 6.07) is 15.8. The second-order valence-corrected chi connectivity index (χ2v) is 11.7. The molecule has 7 nitrogen and oxygen atoms in total. The number of piperazine rings is 1. The number of ether oxygens (including phenoxy) is 1. The van der Waals surface area contributed by atoms with Crippen LogP contribution in [0.25, 0.3) is 0 Å². The molecule has 2 fully saturated rings. The van der Waals surface area contributed by atoms with Crippen molar-refractivity contribution in [2.24, 2.45) is 5.92 Å². The number of hydrogen-bond acceptors (Lipinski definition) is 5. The zero-order valence-corrected chi connectivity index (χ0v) is 21.8. The van der Waals surface area contributed by atoms with Crippen LogP contribution in [-0.4, -0.2) is 74.8 Å². The molecule has 0 aliphatic carbocycles. The number of carbonyl (C=O) groups excluding carboxylic acids is 1. The minimum Gasteiger partial charge on any atom is -0.495 e. The Balaban J connectivity index is 1.33. The van der Waals surface area contributed by atoms with E-state index < -0.39 is 10.0 Å². The van der Waals surface area contributed by atoms with E-state index in [1.165, 1.54) is 17.0 Å². The predicted octanol–water partition coefficient (Wildman–Crippen LogP) is 3.56. The van der Waals surface area contributed by atoms with Crippen LogP contribution in [0.2, 0.25) is 0 Å². The number of carbonyl (C=O) groups is 1. The molecule has 2 saturated heterocycles. The first-order valence-electron chi connectivity index (χ1n) is 12.5. The highest BCUT2D eigenvalue weighted by molar-refractivity contribution is 7.89. The lowest BCUT2D eigenvalue weighted by Crippen LogP contribution is -2.51. The van der Waals surface area contributed by atoms with Gasteiger partial charge >= 0.3 is 0 Å². The lowest BCUT2D eigenvalue weighted by molar-refractivity contribution is -0.138. The summed E-state index contributed by atoms with van der Waals surface area (Å²) in [5.74, 6) is 0.624. The van der Waals surface area contributed by atoms with Crippen LogP contribution < -0.4 is 4.74 Å². The summed E-state index contributed by atoms with van der Waals surface area (Å²) in [6.07, 6.45) is 1.10. The van der Waals surface area contributed by atoms with Gasteiger partial charge in [0, 0.05) is 51.7 Å². The molecule has 0 aromatic heterocycles. The summed E-state index contributed by atoms with van der Waals surface area (Å²) < 4.78 is 33.8. The van der Waals surface area contributed by atoms with Crippen LogP contribution in [0.3, 0.4) is 0 Å². The molecule has 8 heteroatoms. The molecule has 0 saturated carbocycles. The highest BCUT2D eigenvalue weighted by Gasteiger charge is 2.36. The first-order chi connectivity index (χ1) is 16.8.